The molecule has 3 nitrogen and oxygen atoms in total. The second-order valence-electron chi connectivity index (χ2n) is 3.40. The van der Waals surface area contributed by atoms with Crippen LogP contribution in [0.4, 0.5) is 0 Å². The number of thiophene rings is 1. The Kier molecular flexibility index (Phi) is 5.24. The zero-order valence-electron chi connectivity index (χ0n) is 9.44. The van der Waals surface area contributed by atoms with Gasteiger partial charge in [-0.25, -0.2) is 8.42 Å². The summed E-state index contributed by atoms with van der Waals surface area (Å²) in [6.45, 7) is 4.89. The van der Waals surface area contributed by atoms with Gasteiger partial charge in [-0.1, -0.05) is 13.8 Å². The molecule has 1 rings (SSSR count). The zero-order valence-corrected chi connectivity index (χ0v) is 11.8. The van der Waals surface area contributed by atoms with Crippen LogP contribution in [0.3, 0.4) is 0 Å². The van der Waals surface area contributed by atoms with E-state index in [1.807, 2.05) is 13.8 Å². The number of nitrogens with zero attached hydrogens (tertiary/aromatic N) is 1. The van der Waals surface area contributed by atoms with Gasteiger partial charge < -0.3 is 0 Å². The van der Waals surface area contributed by atoms with Crippen LogP contribution in [0.25, 0.3) is 0 Å². The van der Waals surface area contributed by atoms with Crippen LogP contribution < -0.4 is 0 Å². The van der Waals surface area contributed by atoms with Crippen LogP contribution in [0, 0.1) is 0 Å². The Morgan fingerprint density at radius 1 is 1.44 bits per heavy atom. The van der Waals surface area contributed by atoms with Crippen molar-refractivity contribution in [2.75, 3.05) is 13.1 Å². The minimum atomic E-state index is -3.31. The summed E-state index contributed by atoms with van der Waals surface area (Å²) in [7, 11) is -3.31. The van der Waals surface area contributed by atoms with Crippen molar-refractivity contribution in [3.05, 3.63) is 17.0 Å². The van der Waals surface area contributed by atoms with Crippen LogP contribution >= 0.6 is 22.9 Å². The van der Waals surface area contributed by atoms with Crippen molar-refractivity contribution in [1.82, 2.24) is 4.31 Å². The zero-order chi connectivity index (χ0) is 12.2. The number of hydrogen-bond acceptors (Lipinski definition) is 3. The Morgan fingerprint density at radius 2 is 2.12 bits per heavy atom. The molecule has 1 aromatic heterocycles. The van der Waals surface area contributed by atoms with Crippen molar-refractivity contribution in [2.45, 2.75) is 30.4 Å². The molecular formula is C10H16ClNO2S2. The highest BCUT2D eigenvalue weighted by molar-refractivity contribution is 7.91. The molecule has 0 aliphatic heterocycles. The Morgan fingerprint density at radius 3 is 2.56 bits per heavy atom. The van der Waals surface area contributed by atoms with E-state index in [1.54, 1.807) is 11.4 Å². The molecule has 0 fully saturated rings. The molecule has 6 heteroatoms. The van der Waals surface area contributed by atoms with Crippen molar-refractivity contribution >= 4 is 33.0 Å². The van der Waals surface area contributed by atoms with Gasteiger partial charge in [0.15, 0.2) is 0 Å². The first-order chi connectivity index (χ1) is 7.56. The van der Waals surface area contributed by atoms with Crippen LogP contribution in [0.2, 0.25) is 0 Å². The molecule has 1 aromatic rings. The summed E-state index contributed by atoms with van der Waals surface area (Å²) in [6, 6.07) is 1.66. The lowest BCUT2D eigenvalue weighted by Gasteiger charge is -2.18. The SMILES string of the molecule is CCCN(CC)S(=O)(=O)c1cc(CCl)cs1. The number of rotatable bonds is 6. The lowest BCUT2D eigenvalue weighted by molar-refractivity contribution is 0.428. The maximum Gasteiger partial charge on any atom is 0.252 e. The summed E-state index contributed by atoms with van der Waals surface area (Å²) in [6.07, 6.45) is 0.820. The predicted octanol–water partition coefficient (Wildman–Crippen LogP) is 2.91. The highest BCUT2D eigenvalue weighted by Gasteiger charge is 2.23. The molecule has 16 heavy (non-hydrogen) atoms. The average molecular weight is 282 g/mol. The Balaban J connectivity index is 2.99. The molecule has 0 N–H and O–H groups in total. The van der Waals surface area contributed by atoms with Crippen molar-refractivity contribution in [2.24, 2.45) is 0 Å². The van der Waals surface area contributed by atoms with Gasteiger partial charge in [0.2, 0.25) is 0 Å². The fourth-order valence-electron chi connectivity index (χ4n) is 1.38. The van der Waals surface area contributed by atoms with E-state index in [0.29, 0.717) is 23.2 Å². The highest BCUT2D eigenvalue weighted by atomic mass is 35.5. The minimum absolute atomic E-state index is 0.353. The third kappa shape index (κ3) is 2.97. The lowest BCUT2D eigenvalue weighted by atomic mass is 10.4. The van der Waals surface area contributed by atoms with Crippen LogP contribution in [0.1, 0.15) is 25.8 Å². The molecule has 0 atom stereocenters. The Hall–Kier alpha value is -0.100. The van der Waals surface area contributed by atoms with Crippen LogP contribution in [-0.4, -0.2) is 25.8 Å². The van der Waals surface area contributed by atoms with E-state index in [0.717, 1.165) is 12.0 Å². The van der Waals surface area contributed by atoms with Crippen LogP contribution in [0.5, 0.6) is 0 Å². The predicted molar refractivity (Wildman–Crippen MR) is 68.6 cm³/mol. The van der Waals surface area contributed by atoms with Crippen LogP contribution in [0.15, 0.2) is 15.7 Å². The number of hydrogen-bond donors (Lipinski definition) is 0. The van der Waals surface area contributed by atoms with Gasteiger partial charge in [-0.3, -0.25) is 0 Å². The fourth-order valence-corrected chi connectivity index (χ4v) is 4.53. The van der Waals surface area contributed by atoms with Gasteiger partial charge in [0.1, 0.15) is 4.21 Å². The topological polar surface area (TPSA) is 37.4 Å². The van der Waals surface area contributed by atoms with E-state index in [9.17, 15) is 8.42 Å². The van der Waals surface area contributed by atoms with E-state index < -0.39 is 10.0 Å². The van der Waals surface area contributed by atoms with E-state index in [2.05, 4.69) is 0 Å². The lowest BCUT2D eigenvalue weighted by Crippen LogP contribution is -2.31. The van der Waals surface area contributed by atoms with E-state index >= 15 is 0 Å². The van der Waals surface area contributed by atoms with E-state index in [-0.39, 0.29) is 0 Å². The smallest absolute Gasteiger partial charge is 0.206 e. The molecule has 0 saturated heterocycles. The van der Waals surface area contributed by atoms with E-state index in [1.165, 1.54) is 15.6 Å². The number of sulfonamides is 1. The number of halogens is 1. The van der Waals surface area contributed by atoms with Gasteiger partial charge in [0.25, 0.3) is 10.0 Å². The first-order valence-electron chi connectivity index (χ1n) is 5.19. The summed E-state index contributed by atoms with van der Waals surface area (Å²) >= 11 is 6.90. The normalized spacial score (nSPS) is 12.2. The van der Waals surface area contributed by atoms with Crippen LogP contribution in [-0.2, 0) is 15.9 Å². The summed E-state index contributed by atoms with van der Waals surface area (Å²) < 4.78 is 26.2. The molecule has 0 spiro atoms. The molecule has 0 radical (unpaired) electrons. The van der Waals surface area contributed by atoms with Gasteiger partial charge >= 0.3 is 0 Å². The van der Waals surface area contributed by atoms with Gasteiger partial charge in [0.05, 0.1) is 0 Å². The quantitative estimate of drug-likeness (QED) is 0.752. The summed E-state index contributed by atoms with van der Waals surface area (Å²) in [5.74, 6) is 0.353. The first-order valence-corrected chi connectivity index (χ1v) is 8.05. The Labute approximate surface area is 106 Å². The Bertz CT molecular complexity index is 428. The molecule has 0 unspecified atom stereocenters. The van der Waals surface area contributed by atoms with Gasteiger partial charge in [-0.2, -0.15) is 4.31 Å². The van der Waals surface area contributed by atoms with E-state index in [4.69, 9.17) is 11.6 Å². The third-order valence-corrected chi connectivity index (χ3v) is 5.95. The average Bonchev–Trinajstić information content (AvgIpc) is 2.74. The fraction of sp³-hybridized carbons (Fsp3) is 0.600. The minimum Gasteiger partial charge on any atom is -0.206 e. The van der Waals surface area contributed by atoms with Gasteiger partial charge in [-0.15, -0.1) is 22.9 Å². The molecule has 0 bridgehead atoms. The summed E-state index contributed by atoms with van der Waals surface area (Å²) in [5.41, 5.74) is 0.859. The molecule has 1 heterocycles. The molecule has 0 saturated carbocycles. The molecule has 0 aliphatic carbocycles. The number of alkyl halides is 1. The second kappa shape index (κ2) is 6.00. The summed E-state index contributed by atoms with van der Waals surface area (Å²) in [4.78, 5) is 0. The van der Waals surface area contributed by atoms with Gasteiger partial charge in [0, 0.05) is 19.0 Å². The monoisotopic (exact) mass is 281 g/mol. The second-order valence-corrected chi connectivity index (χ2v) is 6.75. The van der Waals surface area contributed by atoms with Crippen molar-refractivity contribution in [1.29, 1.82) is 0 Å². The largest absolute Gasteiger partial charge is 0.252 e. The molecule has 0 aromatic carbocycles. The maximum atomic E-state index is 12.2. The molecular weight excluding hydrogens is 266 g/mol. The molecule has 0 amide bonds. The van der Waals surface area contributed by atoms with Crippen molar-refractivity contribution in [3.8, 4) is 0 Å². The standard InChI is InChI=1S/C10H16ClNO2S2/c1-3-5-12(4-2)16(13,14)10-6-9(7-11)8-15-10/h6,8H,3-5,7H2,1-2H3. The maximum absolute atomic E-state index is 12.2. The highest BCUT2D eigenvalue weighted by Crippen LogP contribution is 2.24. The first kappa shape index (κ1) is 14.0. The molecule has 92 valence electrons. The van der Waals surface area contributed by atoms with Crippen molar-refractivity contribution in [3.63, 3.8) is 0 Å². The third-order valence-electron chi connectivity index (χ3n) is 2.20. The van der Waals surface area contributed by atoms with Gasteiger partial charge in [-0.05, 0) is 23.4 Å². The van der Waals surface area contributed by atoms with Crippen molar-refractivity contribution < 1.29 is 8.42 Å². The summed E-state index contributed by atoms with van der Waals surface area (Å²) in [5, 5.41) is 1.79. The molecule has 0 aliphatic rings.